The molecule has 2 aromatic carbocycles. The number of benzene rings is 2. The SMILES string of the molecule is CC(=O)Nc1ccc(N2CC[C@@H](C(=O)N(C)Cc3cc(C(F)(F)F)cc(C(F)(F)F)c3)[C@H](c3ccc(F)cc3C)C2)nn1. The summed E-state index contributed by atoms with van der Waals surface area (Å²) >= 11 is 0. The lowest BCUT2D eigenvalue weighted by atomic mass is 9.78. The van der Waals surface area contributed by atoms with Crippen LogP contribution in [0.3, 0.4) is 0 Å². The highest BCUT2D eigenvalue weighted by Crippen LogP contribution is 2.39. The molecular weight excluding hydrogens is 583 g/mol. The van der Waals surface area contributed by atoms with E-state index >= 15 is 0 Å². The van der Waals surface area contributed by atoms with Gasteiger partial charge in [-0.2, -0.15) is 26.3 Å². The summed E-state index contributed by atoms with van der Waals surface area (Å²) in [7, 11) is 1.32. The first-order chi connectivity index (χ1) is 20.0. The lowest BCUT2D eigenvalue weighted by Gasteiger charge is -2.40. The van der Waals surface area contributed by atoms with Crippen molar-refractivity contribution in [3.8, 4) is 0 Å². The molecule has 1 saturated heterocycles. The molecule has 1 aliphatic rings. The number of anilines is 2. The van der Waals surface area contributed by atoms with Crippen LogP contribution in [0, 0.1) is 18.7 Å². The zero-order valence-corrected chi connectivity index (χ0v) is 23.4. The summed E-state index contributed by atoms with van der Waals surface area (Å²) in [5, 5.41) is 10.7. The Morgan fingerprint density at radius 1 is 0.977 bits per heavy atom. The third kappa shape index (κ3) is 7.59. The highest BCUT2D eigenvalue weighted by molar-refractivity contribution is 5.87. The molecule has 0 saturated carbocycles. The van der Waals surface area contributed by atoms with Crippen molar-refractivity contribution >= 4 is 23.5 Å². The van der Waals surface area contributed by atoms with Gasteiger partial charge in [-0.25, -0.2) is 4.39 Å². The number of carbonyl (C=O) groups is 2. The van der Waals surface area contributed by atoms with E-state index in [0.717, 1.165) is 4.90 Å². The van der Waals surface area contributed by atoms with E-state index in [2.05, 4.69) is 15.5 Å². The molecule has 2 amide bonds. The van der Waals surface area contributed by atoms with Crippen molar-refractivity contribution in [2.45, 2.75) is 45.1 Å². The highest BCUT2D eigenvalue weighted by atomic mass is 19.4. The van der Waals surface area contributed by atoms with Gasteiger partial charge in [-0.1, -0.05) is 6.07 Å². The predicted octanol–water partition coefficient (Wildman–Crippen LogP) is 6.19. The fourth-order valence-electron chi connectivity index (χ4n) is 5.31. The number of amides is 2. The van der Waals surface area contributed by atoms with Crippen LogP contribution < -0.4 is 10.2 Å². The maximum absolute atomic E-state index is 13.9. The van der Waals surface area contributed by atoms with Gasteiger partial charge in [0.15, 0.2) is 11.6 Å². The van der Waals surface area contributed by atoms with E-state index in [1.807, 2.05) is 4.90 Å². The van der Waals surface area contributed by atoms with E-state index < -0.39 is 53.6 Å². The first-order valence-electron chi connectivity index (χ1n) is 13.2. The standard InChI is InChI=1S/C29H28F7N5O2/c1-16-10-21(30)4-5-22(16)24-15-41(26-7-6-25(38-39-26)37-17(2)42)9-8-23(24)27(43)40(3)14-18-11-19(28(31,32)33)13-20(12-18)29(34,35)36/h4-7,10-13,23-24H,8-9,14-15H2,1-3H3,(H,37,38,42)/t23-,24+/m1/s1. The molecule has 1 N–H and O–H groups in total. The summed E-state index contributed by atoms with van der Waals surface area (Å²) in [6, 6.07) is 8.61. The van der Waals surface area contributed by atoms with Crippen molar-refractivity contribution in [1.29, 1.82) is 0 Å². The van der Waals surface area contributed by atoms with Crippen LogP contribution in [0.4, 0.5) is 42.4 Å². The van der Waals surface area contributed by atoms with Crippen LogP contribution in [0.15, 0.2) is 48.5 Å². The Morgan fingerprint density at radius 2 is 1.63 bits per heavy atom. The number of hydrogen-bond donors (Lipinski definition) is 1. The summed E-state index contributed by atoms with van der Waals surface area (Å²) in [5.74, 6) is -1.81. The molecule has 3 aromatic rings. The van der Waals surface area contributed by atoms with Crippen LogP contribution >= 0.6 is 0 Å². The number of alkyl halides is 6. The van der Waals surface area contributed by atoms with E-state index in [9.17, 15) is 40.3 Å². The van der Waals surface area contributed by atoms with Crippen LogP contribution in [0.5, 0.6) is 0 Å². The minimum atomic E-state index is -5.01. The summed E-state index contributed by atoms with van der Waals surface area (Å²) in [4.78, 5) is 28.0. The number of carbonyl (C=O) groups excluding carboxylic acids is 2. The molecule has 0 spiro atoms. The van der Waals surface area contributed by atoms with Crippen LogP contribution in [-0.2, 0) is 28.5 Å². The Kier molecular flexibility index (Phi) is 8.97. The van der Waals surface area contributed by atoms with E-state index in [1.54, 1.807) is 25.1 Å². The number of halogens is 7. The molecule has 2 heterocycles. The minimum absolute atomic E-state index is 0.0417. The molecule has 43 heavy (non-hydrogen) atoms. The first kappa shape index (κ1) is 31.7. The molecule has 0 aliphatic carbocycles. The molecule has 1 aliphatic heterocycles. The van der Waals surface area contributed by atoms with Crippen molar-refractivity contribution < 1.29 is 40.3 Å². The van der Waals surface area contributed by atoms with Crippen molar-refractivity contribution in [1.82, 2.24) is 15.1 Å². The number of hydrogen-bond acceptors (Lipinski definition) is 5. The second kappa shape index (κ2) is 12.2. The third-order valence-electron chi connectivity index (χ3n) is 7.28. The first-order valence-corrected chi connectivity index (χ1v) is 13.2. The fraction of sp³-hybridized carbons (Fsp3) is 0.379. The van der Waals surface area contributed by atoms with Gasteiger partial charge in [0.05, 0.1) is 11.1 Å². The predicted molar refractivity (Wildman–Crippen MR) is 143 cm³/mol. The Bertz CT molecular complexity index is 1460. The molecule has 0 unspecified atom stereocenters. The summed E-state index contributed by atoms with van der Waals surface area (Å²) in [6.07, 6.45) is -9.77. The van der Waals surface area contributed by atoms with Crippen LogP contribution in [-0.4, -0.2) is 47.0 Å². The van der Waals surface area contributed by atoms with Crippen LogP contribution in [0.1, 0.15) is 47.1 Å². The summed E-state index contributed by atoms with van der Waals surface area (Å²) in [6.45, 7) is 3.10. The minimum Gasteiger partial charge on any atom is -0.354 e. The molecule has 1 fully saturated rings. The van der Waals surface area contributed by atoms with E-state index in [4.69, 9.17) is 0 Å². The Morgan fingerprint density at radius 3 is 2.16 bits per heavy atom. The topological polar surface area (TPSA) is 78.4 Å². The number of aromatic nitrogens is 2. The van der Waals surface area contributed by atoms with Gasteiger partial charge in [0.1, 0.15) is 5.82 Å². The smallest absolute Gasteiger partial charge is 0.354 e. The van der Waals surface area contributed by atoms with Crippen LogP contribution in [0.25, 0.3) is 0 Å². The number of nitrogens with zero attached hydrogens (tertiary/aromatic N) is 4. The quantitative estimate of drug-likeness (QED) is 0.337. The van der Waals surface area contributed by atoms with Crippen LogP contribution in [0.2, 0.25) is 0 Å². The Balaban J connectivity index is 1.62. The van der Waals surface area contributed by atoms with Crippen molar-refractivity contribution in [2.24, 2.45) is 5.92 Å². The van der Waals surface area contributed by atoms with Gasteiger partial charge in [-0.05, 0) is 72.5 Å². The van der Waals surface area contributed by atoms with E-state index in [1.165, 1.54) is 26.1 Å². The second-order valence-electron chi connectivity index (χ2n) is 10.5. The van der Waals surface area contributed by atoms with Crippen molar-refractivity contribution in [2.75, 3.05) is 30.4 Å². The van der Waals surface area contributed by atoms with Gasteiger partial charge in [-0.15, -0.1) is 10.2 Å². The Labute approximate surface area is 242 Å². The number of piperidine rings is 1. The van der Waals surface area contributed by atoms with E-state index in [-0.39, 0.29) is 36.3 Å². The average Bonchev–Trinajstić information content (AvgIpc) is 2.91. The molecule has 14 heteroatoms. The maximum Gasteiger partial charge on any atom is 0.416 e. The lowest BCUT2D eigenvalue weighted by Crippen LogP contribution is -2.46. The second-order valence-corrected chi connectivity index (χ2v) is 10.5. The molecule has 4 rings (SSSR count). The maximum atomic E-state index is 13.9. The molecule has 230 valence electrons. The zero-order chi connectivity index (χ0) is 31.7. The van der Waals surface area contributed by atoms with Gasteiger partial charge in [0.2, 0.25) is 11.8 Å². The highest BCUT2D eigenvalue weighted by Gasteiger charge is 2.39. The zero-order valence-electron chi connectivity index (χ0n) is 23.4. The fourth-order valence-corrected chi connectivity index (χ4v) is 5.31. The molecule has 0 radical (unpaired) electrons. The average molecular weight is 612 g/mol. The molecular formula is C29H28F7N5O2. The normalized spacial score (nSPS) is 17.5. The van der Waals surface area contributed by atoms with E-state index in [0.29, 0.717) is 35.6 Å². The third-order valence-corrected chi connectivity index (χ3v) is 7.28. The van der Waals surface area contributed by atoms with Gasteiger partial charge in [-0.3, -0.25) is 9.59 Å². The summed E-state index contributed by atoms with van der Waals surface area (Å²) < 4.78 is 94.2. The van der Waals surface area contributed by atoms with Gasteiger partial charge in [0.25, 0.3) is 0 Å². The molecule has 7 nitrogen and oxygen atoms in total. The largest absolute Gasteiger partial charge is 0.416 e. The summed E-state index contributed by atoms with van der Waals surface area (Å²) in [5.41, 5.74) is -2.00. The molecule has 2 atom stereocenters. The Hall–Kier alpha value is -4.23. The number of rotatable bonds is 6. The van der Waals surface area contributed by atoms with Gasteiger partial charge in [0, 0.05) is 45.4 Å². The monoisotopic (exact) mass is 611 g/mol. The van der Waals surface area contributed by atoms with Gasteiger partial charge < -0.3 is 15.1 Å². The number of aryl methyl sites for hydroxylation is 1. The van der Waals surface area contributed by atoms with Crippen molar-refractivity contribution in [3.63, 3.8) is 0 Å². The molecule has 0 bridgehead atoms. The van der Waals surface area contributed by atoms with Crippen molar-refractivity contribution in [3.05, 3.63) is 82.2 Å². The number of nitrogens with one attached hydrogen (secondary N) is 1. The van der Waals surface area contributed by atoms with Gasteiger partial charge >= 0.3 is 12.4 Å². The lowest BCUT2D eigenvalue weighted by molar-refractivity contribution is -0.143. The molecule has 1 aromatic heterocycles.